The molecule has 176 valence electrons. The van der Waals surface area contributed by atoms with E-state index in [1.165, 1.54) is 17.3 Å². The van der Waals surface area contributed by atoms with Crippen LogP contribution in [-0.4, -0.2) is 17.6 Å². The maximum atomic E-state index is 13.0. The first-order chi connectivity index (χ1) is 15.2. The zero-order valence-corrected chi connectivity index (χ0v) is 18.8. The van der Waals surface area contributed by atoms with Gasteiger partial charge in [-0.2, -0.15) is 13.2 Å². The number of allylic oxidation sites excluding steroid dienone is 5. The van der Waals surface area contributed by atoms with Gasteiger partial charge in [0.15, 0.2) is 0 Å². The molecule has 1 aliphatic heterocycles. The Balaban J connectivity index is 1.76. The van der Waals surface area contributed by atoms with Crippen LogP contribution in [0.25, 0.3) is 0 Å². The van der Waals surface area contributed by atoms with Gasteiger partial charge in [0.05, 0.1) is 12.0 Å². The molecular weight excluding hydrogens is 415 g/mol. The maximum absolute atomic E-state index is 13.0. The second-order valence-electron chi connectivity index (χ2n) is 8.54. The molecule has 1 heterocycles. The molecule has 1 aromatic carbocycles. The third-order valence-electron chi connectivity index (χ3n) is 5.92. The number of carboxylic acids is 1. The van der Waals surface area contributed by atoms with Crippen molar-refractivity contribution in [2.75, 3.05) is 6.54 Å². The molecule has 32 heavy (non-hydrogen) atoms. The van der Waals surface area contributed by atoms with E-state index >= 15 is 0 Å². The first-order valence-corrected chi connectivity index (χ1v) is 11.3. The van der Waals surface area contributed by atoms with Gasteiger partial charge < -0.3 is 10.4 Å². The zero-order chi connectivity index (χ0) is 23.6. The number of rotatable bonds is 12. The molecule has 1 aliphatic rings. The third kappa shape index (κ3) is 8.93. The topological polar surface area (TPSA) is 49.3 Å². The number of halogens is 3. The quantitative estimate of drug-likeness (QED) is 0.259. The number of carboxylic acid groups (broad SMARTS) is 1. The van der Waals surface area contributed by atoms with Crippen molar-refractivity contribution in [2.24, 2.45) is 0 Å². The van der Waals surface area contributed by atoms with Gasteiger partial charge in [-0.05, 0) is 62.1 Å². The van der Waals surface area contributed by atoms with Crippen LogP contribution in [0.2, 0.25) is 0 Å². The molecule has 1 unspecified atom stereocenters. The Morgan fingerprint density at radius 2 is 2.00 bits per heavy atom. The lowest BCUT2D eigenvalue weighted by molar-refractivity contribution is -0.138. The van der Waals surface area contributed by atoms with Gasteiger partial charge in [0.1, 0.15) is 0 Å². The Morgan fingerprint density at radius 3 is 2.69 bits per heavy atom. The van der Waals surface area contributed by atoms with Crippen LogP contribution in [-0.2, 0) is 11.0 Å². The van der Waals surface area contributed by atoms with Crippen LogP contribution >= 0.6 is 0 Å². The van der Waals surface area contributed by atoms with Crippen LogP contribution in [0, 0.1) is 0 Å². The number of benzene rings is 1. The fraction of sp³-hybridized carbons (Fsp3) is 0.500. The van der Waals surface area contributed by atoms with E-state index in [-0.39, 0.29) is 6.42 Å². The smallest absolute Gasteiger partial charge is 0.416 e. The molecular formula is C26H34F3NO2. The van der Waals surface area contributed by atoms with Gasteiger partial charge in [0, 0.05) is 12.2 Å². The summed E-state index contributed by atoms with van der Waals surface area (Å²) in [6, 6.07) is 5.05. The van der Waals surface area contributed by atoms with E-state index in [0.717, 1.165) is 69.2 Å². The lowest BCUT2D eigenvalue weighted by Gasteiger charge is -2.17. The van der Waals surface area contributed by atoms with Gasteiger partial charge in [-0.15, -0.1) is 0 Å². The van der Waals surface area contributed by atoms with Gasteiger partial charge in [0.25, 0.3) is 0 Å². The molecule has 1 atom stereocenters. The molecule has 1 aromatic rings. The van der Waals surface area contributed by atoms with Crippen molar-refractivity contribution in [3.63, 3.8) is 0 Å². The second kappa shape index (κ2) is 12.5. The van der Waals surface area contributed by atoms with Gasteiger partial charge in [-0.25, -0.2) is 0 Å². The first kappa shape index (κ1) is 25.8. The summed E-state index contributed by atoms with van der Waals surface area (Å²) < 4.78 is 39.0. The number of aliphatic carboxylic acids is 1. The number of unbranched alkanes of at least 4 members (excludes halogenated alkanes) is 3. The molecule has 6 heteroatoms. The summed E-state index contributed by atoms with van der Waals surface area (Å²) >= 11 is 0. The Hall–Kier alpha value is -2.50. The fourth-order valence-corrected chi connectivity index (χ4v) is 4.03. The summed E-state index contributed by atoms with van der Waals surface area (Å²) in [7, 11) is 0. The number of hydrogen-bond acceptors (Lipinski definition) is 2. The predicted molar refractivity (Wildman–Crippen MR) is 122 cm³/mol. The molecule has 2 N–H and O–H groups in total. The monoisotopic (exact) mass is 449 g/mol. The standard InChI is InChI=1S/C26H34F3NO2/c1-19(14-15-21-12-8-16-30-20(21)2)9-5-3-4-6-10-23(18-25(31)32)22-11-7-13-24(17-22)26(27,28)29/h7,11,13-15,17,23,30H,1,3-6,8-10,12,16,18H2,2H3,(H,31,32)/b15-14-. The molecule has 0 aromatic heterocycles. The summed E-state index contributed by atoms with van der Waals surface area (Å²) in [5.41, 5.74) is 3.37. The van der Waals surface area contributed by atoms with Crippen molar-refractivity contribution in [3.8, 4) is 0 Å². The highest BCUT2D eigenvalue weighted by Crippen LogP contribution is 2.33. The third-order valence-corrected chi connectivity index (χ3v) is 5.92. The van der Waals surface area contributed by atoms with Gasteiger partial charge in [0.2, 0.25) is 0 Å². The van der Waals surface area contributed by atoms with E-state index in [1.807, 2.05) is 0 Å². The van der Waals surface area contributed by atoms with Crippen molar-refractivity contribution in [2.45, 2.75) is 76.8 Å². The lowest BCUT2D eigenvalue weighted by atomic mass is 9.89. The minimum atomic E-state index is -4.43. The second-order valence-corrected chi connectivity index (χ2v) is 8.54. The van der Waals surface area contributed by atoms with Crippen LogP contribution in [0.3, 0.4) is 0 Å². The van der Waals surface area contributed by atoms with Gasteiger partial charge in [-0.3, -0.25) is 4.79 Å². The van der Waals surface area contributed by atoms with Crippen LogP contribution in [0.4, 0.5) is 13.2 Å². The zero-order valence-electron chi connectivity index (χ0n) is 18.8. The van der Waals surface area contributed by atoms with Crippen LogP contribution in [0.1, 0.15) is 81.8 Å². The fourth-order valence-electron chi connectivity index (χ4n) is 4.03. The number of hydrogen-bond donors (Lipinski definition) is 2. The Bertz CT molecular complexity index is 840. The van der Waals surface area contributed by atoms with Gasteiger partial charge in [-0.1, -0.05) is 61.8 Å². The van der Waals surface area contributed by atoms with Crippen LogP contribution in [0.15, 0.2) is 59.8 Å². The molecule has 0 fully saturated rings. The van der Waals surface area contributed by atoms with E-state index in [2.05, 4.69) is 31.0 Å². The molecule has 0 saturated carbocycles. The van der Waals surface area contributed by atoms with Crippen molar-refractivity contribution in [3.05, 3.63) is 71.0 Å². The molecule has 3 nitrogen and oxygen atoms in total. The summed E-state index contributed by atoms with van der Waals surface area (Å²) in [6.07, 6.45) is 7.03. The van der Waals surface area contributed by atoms with Crippen LogP contribution in [0.5, 0.6) is 0 Å². The van der Waals surface area contributed by atoms with E-state index in [4.69, 9.17) is 0 Å². The molecule has 0 spiro atoms. The highest BCUT2D eigenvalue weighted by atomic mass is 19.4. The van der Waals surface area contributed by atoms with E-state index < -0.39 is 23.6 Å². The number of carbonyl (C=O) groups is 1. The Kier molecular flexibility index (Phi) is 10.1. The lowest BCUT2D eigenvalue weighted by Crippen LogP contribution is -2.19. The van der Waals surface area contributed by atoms with Crippen molar-refractivity contribution >= 4 is 5.97 Å². The van der Waals surface area contributed by atoms with E-state index in [0.29, 0.717) is 12.0 Å². The van der Waals surface area contributed by atoms with Crippen LogP contribution < -0.4 is 5.32 Å². The highest BCUT2D eigenvalue weighted by Gasteiger charge is 2.31. The molecule has 0 saturated heterocycles. The summed E-state index contributed by atoms with van der Waals surface area (Å²) in [4.78, 5) is 11.2. The number of alkyl halides is 3. The van der Waals surface area contributed by atoms with Crippen molar-refractivity contribution in [1.82, 2.24) is 5.32 Å². The Morgan fingerprint density at radius 1 is 1.25 bits per heavy atom. The normalized spacial score (nSPS) is 15.6. The maximum Gasteiger partial charge on any atom is 0.416 e. The largest absolute Gasteiger partial charge is 0.481 e. The predicted octanol–water partition coefficient (Wildman–Crippen LogP) is 7.37. The van der Waals surface area contributed by atoms with E-state index in [9.17, 15) is 23.1 Å². The SMILES string of the molecule is C=C(/C=C\C1=C(C)NCCC1)CCCCCCC(CC(=O)O)c1cccc(C(F)(F)F)c1. The molecule has 0 bridgehead atoms. The molecule has 0 aliphatic carbocycles. The number of nitrogens with one attached hydrogen (secondary N) is 1. The Labute approximate surface area is 189 Å². The molecule has 0 amide bonds. The summed E-state index contributed by atoms with van der Waals surface area (Å²) in [5.74, 6) is -1.40. The molecule has 2 rings (SSSR count). The van der Waals surface area contributed by atoms with Crippen molar-refractivity contribution < 1.29 is 23.1 Å². The van der Waals surface area contributed by atoms with Crippen molar-refractivity contribution in [1.29, 1.82) is 0 Å². The highest BCUT2D eigenvalue weighted by molar-refractivity contribution is 5.68. The van der Waals surface area contributed by atoms with E-state index in [1.54, 1.807) is 6.07 Å². The average Bonchev–Trinajstić information content (AvgIpc) is 2.74. The first-order valence-electron chi connectivity index (χ1n) is 11.3. The summed E-state index contributed by atoms with van der Waals surface area (Å²) in [6.45, 7) is 7.25. The minimum absolute atomic E-state index is 0.160. The summed E-state index contributed by atoms with van der Waals surface area (Å²) in [5, 5.41) is 12.6. The molecule has 0 radical (unpaired) electrons. The van der Waals surface area contributed by atoms with Gasteiger partial charge >= 0.3 is 12.1 Å². The minimum Gasteiger partial charge on any atom is -0.481 e. The average molecular weight is 450 g/mol.